The third-order valence-corrected chi connectivity index (χ3v) is 7.80. The largest absolute Gasteiger partial charge is 0.398 e. The fourth-order valence-corrected chi connectivity index (χ4v) is 5.89. The SMILES string of the molecule is N=C(c1ccc(NC2CCCC2)cc1)c1cc(NC(=O)C(c2ccsc2)N2CCCC2)ccc1N. The van der Waals surface area contributed by atoms with Crippen LogP contribution in [-0.4, -0.2) is 35.7 Å². The second-order valence-corrected chi connectivity index (χ2v) is 10.4. The van der Waals surface area contributed by atoms with Gasteiger partial charge in [-0.3, -0.25) is 15.1 Å². The molecule has 2 aliphatic rings. The molecule has 2 heterocycles. The van der Waals surface area contributed by atoms with Crippen molar-refractivity contribution in [1.82, 2.24) is 4.90 Å². The van der Waals surface area contributed by atoms with Gasteiger partial charge in [-0.05, 0) is 91.5 Å². The molecule has 1 aliphatic carbocycles. The molecule has 6 nitrogen and oxygen atoms in total. The fraction of sp³-hybridized carbons (Fsp3) is 0.357. The van der Waals surface area contributed by atoms with Crippen LogP contribution in [0.2, 0.25) is 0 Å². The van der Waals surface area contributed by atoms with Crippen LogP contribution >= 0.6 is 11.3 Å². The van der Waals surface area contributed by atoms with Gasteiger partial charge >= 0.3 is 0 Å². The van der Waals surface area contributed by atoms with E-state index in [2.05, 4.69) is 20.9 Å². The molecular weight excluding hydrogens is 454 g/mol. The first-order chi connectivity index (χ1) is 17.1. The zero-order valence-electron chi connectivity index (χ0n) is 19.9. The Morgan fingerprint density at radius 3 is 2.40 bits per heavy atom. The first-order valence-electron chi connectivity index (χ1n) is 12.5. The third-order valence-electron chi connectivity index (χ3n) is 7.10. The van der Waals surface area contributed by atoms with E-state index in [9.17, 15) is 4.79 Å². The van der Waals surface area contributed by atoms with Gasteiger partial charge in [0, 0.05) is 34.2 Å². The van der Waals surface area contributed by atoms with E-state index in [4.69, 9.17) is 11.1 Å². The van der Waals surface area contributed by atoms with Crippen LogP contribution in [0.4, 0.5) is 17.1 Å². The molecule has 2 aromatic carbocycles. The predicted octanol–water partition coefficient (Wildman–Crippen LogP) is 5.88. The van der Waals surface area contributed by atoms with Crippen LogP contribution in [0.15, 0.2) is 59.3 Å². The number of nitrogen functional groups attached to an aromatic ring is 1. The monoisotopic (exact) mass is 487 g/mol. The highest BCUT2D eigenvalue weighted by Gasteiger charge is 2.30. The van der Waals surface area contributed by atoms with Crippen molar-refractivity contribution in [2.75, 3.05) is 29.5 Å². The third kappa shape index (κ3) is 5.41. The van der Waals surface area contributed by atoms with Crippen LogP contribution in [0.3, 0.4) is 0 Å². The number of likely N-dealkylation sites (tertiary alicyclic amines) is 1. The van der Waals surface area contributed by atoms with Gasteiger partial charge in [0.1, 0.15) is 6.04 Å². The number of benzene rings is 2. The molecule has 0 spiro atoms. The van der Waals surface area contributed by atoms with Gasteiger partial charge in [-0.25, -0.2) is 0 Å². The van der Waals surface area contributed by atoms with Crippen LogP contribution in [0.25, 0.3) is 0 Å². The van der Waals surface area contributed by atoms with Gasteiger partial charge in [0.05, 0.1) is 5.71 Å². The van der Waals surface area contributed by atoms with Crippen molar-refractivity contribution >= 4 is 40.0 Å². The van der Waals surface area contributed by atoms with Crippen LogP contribution in [-0.2, 0) is 4.79 Å². The van der Waals surface area contributed by atoms with Crippen LogP contribution in [0.5, 0.6) is 0 Å². The molecule has 182 valence electrons. The average Bonchev–Trinajstić information content (AvgIpc) is 3.66. The maximum atomic E-state index is 13.4. The number of carbonyl (C=O) groups is 1. The van der Waals surface area contributed by atoms with E-state index in [0.29, 0.717) is 28.7 Å². The molecule has 0 radical (unpaired) electrons. The molecule has 1 atom stereocenters. The number of hydrogen-bond donors (Lipinski definition) is 4. The van der Waals surface area contributed by atoms with Gasteiger partial charge in [0.2, 0.25) is 5.91 Å². The lowest BCUT2D eigenvalue weighted by Gasteiger charge is -2.26. The zero-order chi connectivity index (χ0) is 24.2. The molecule has 5 rings (SSSR count). The topological polar surface area (TPSA) is 94.2 Å². The molecule has 1 unspecified atom stereocenters. The highest BCUT2D eigenvalue weighted by Crippen LogP contribution is 2.29. The molecule has 1 saturated carbocycles. The minimum Gasteiger partial charge on any atom is -0.398 e. The summed E-state index contributed by atoms with van der Waals surface area (Å²) < 4.78 is 0. The van der Waals surface area contributed by atoms with Gasteiger partial charge in [-0.15, -0.1) is 0 Å². The Bertz CT molecular complexity index is 1160. The van der Waals surface area contributed by atoms with E-state index in [0.717, 1.165) is 42.7 Å². The summed E-state index contributed by atoms with van der Waals surface area (Å²) in [5.41, 5.74) is 11.3. The van der Waals surface area contributed by atoms with Crippen LogP contribution in [0, 0.1) is 5.41 Å². The van der Waals surface area contributed by atoms with E-state index in [1.807, 2.05) is 47.8 Å². The van der Waals surface area contributed by atoms with Crippen LogP contribution in [0.1, 0.15) is 61.3 Å². The van der Waals surface area contributed by atoms with Crippen molar-refractivity contribution in [3.8, 4) is 0 Å². The lowest BCUT2D eigenvalue weighted by atomic mass is 9.99. The number of amides is 1. The second kappa shape index (κ2) is 10.6. The van der Waals surface area contributed by atoms with Crippen molar-refractivity contribution in [3.63, 3.8) is 0 Å². The molecule has 35 heavy (non-hydrogen) atoms. The Balaban J connectivity index is 1.31. The molecule has 1 aromatic heterocycles. The van der Waals surface area contributed by atoms with E-state index in [1.165, 1.54) is 25.7 Å². The number of nitrogens with two attached hydrogens (primary N) is 1. The summed E-state index contributed by atoms with van der Waals surface area (Å²) in [6.45, 7) is 1.86. The summed E-state index contributed by atoms with van der Waals surface area (Å²) in [6.07, 6.45) is 7.25. The smallest absolute Gasteiger partial charge is 0.246 e. The van der Waals surface area contributed by atoms with E-state index < -0.39 is 0 Å². The molecule has 5 N–H and O–H groups in total. The Morgan fingerprint density at radius 1 is 1.00 bits per heavy atom. The molecule has 2 fully saturated rings. The van der Waals surface area contributed by atoms with E-state index >= 15 is 0 Å². The molecular formula is C28H33N5OS. The Kier molecular flexibility index (Phi) is 7.16. The summed E-state index contributed by atoms with van der Waals surface area (Å²) in [4.78, 5) is 15.6. The lowest BCUT2D eigenvalue weighted by molar-refractivity contribution is -0.121. The summed E-state index contributed by atoms with van der Waals surface area (Å²) in [6, 6.07) is 15.7. The predicted molar refractivity (Wildman–Crippen MR) is 146 cm³/mol. The van der Waals surface area contributed by atoms with Crippen molar-refractivity contribution in [1.29, 1.82) is 5.41 Å². The second-order valence-electron chi connectivity index (χ2n) is 9.57. The van der Waals surface area contributed by atoms with Gasteiger partial charge in [-0.1, -0.05) is 25.0 Å². The maximum Gasteiger partial charge on any atom is 0.246 e. The van der Waals surface area contributed by atoms with Crippen molar-refractivity contribution in [2.45, 2.75) is 50.6 Å². The minimum atomic E-state index is -0.302. The number of anilines is 3. The summed E-state index contributed by atoms with van der Waals surface area (Å²) in [7, 11) is 0. The van der Waals surface area contributed by atoms with Crippen molar-refractivity contribution < 1.29 is 4.79 Å². The van der Waals surface area contributed by atoms with E-state index in [-0.39, 0.29) is 11.9 Å². The van der Waals surface area contributed by atoms with Crippen molar-refractivity contribution in [3.05, 3.63) is 76.0 Å². The first-order valence-corrected chi connectivity index (χ1v) is 13.5. The number of carbonyl (C=O) groups excluding carboxylic acids is 1. The number of hydrogen-bond acceptors (Lipinski definition) is 6. The standard InChI is InChI=1S/C28H33N5OS/c29-25-12-11-23(32-28(34)27(20-13-16-35-18-20)33-14-3-4-15-33)17-24(25)26(30)19-7-9-22(10-8-19)31-21-5-1-2-6-21/h7-13,16-18,21,27,30-31H,1-6,14-15,29H2,(H,32,34). The molecule has 1 amide bonds. The first kappa shape index (κ1) is 23.6. The molecule has 1 aliphatic heterocycles. The molecule has 1 saturated heterocycles. The number of nitrogens with zero attached hydrogens (tertiary/aromatic N) is 1. The quantitative estimate of drug-likeness (QED) is 0.236. The number of nitrogens with one attached hydrogen (secondary N) is 3. The van der Waals surface area contributed by atoms with Crippen molar-refractivity contribution in [2.24, 2.45) is 0 Å². The van der Waals surface area contributed by atoms with Gasteiger partial charge in [0.25, 0.3) is 0 Å². The van der Waals surface area contributed by atoms with Gasteiger partial charge in [-0.2, -0.15) is 11.3 Å². The number of thiophene rings is 1. The average molecular weight is 488 g/mol. The Labute approximate surface area is 211 Å². The normalized spacial score (nSPS) is 17.4. The van der Waals surface area contributed by atoms with Crippen LogP contribution < -0.4 is 16.4 Å². The summed E-state index contributed by atoms with van der Waals surface area (Å²) in [5.74, 6) is -0.0464. The summed E-state index contributed by atoms with van der Waals surface area (Å²) >= 11 is 1.61. The van der Waals surface area contributed by atoms with Gasteiger partial charge < -0.3 is 16.4 Å². The highest BCUT2D eigenvalue weighted by atomic mass is 32.1. The number of rotatable bonds is 8. The molecule has 7 heteroatoms. The Hall–Kier alpha value is -3.16. The molecule has 0 bridgehead atoms. The summed E-state index contributed by atoms with van der Waals surface area (Å²) in [5, 5.41) is 19.6. The minimum absolute atomic E-state index is 0.0464. The maximum absolute atomic E-state index is 13.4. The zero-order valence-corrected chi connectivity index (χ0v) is 20.7. The van der Waals surface area contributed by atoms with E-state index in [1.54, 1.807) is 17.4 Å². The highest BCUT2D eigenvalue weighted by molar-refractivity contribution is 7.08. The lowest BCUT2D eigenvalue weighted by Crippen LogP contribution is -2.35. The molecule has 3 aromatic rings. The Morgan fingerprint density at radius 2 is 1.71 bits per heavy atom. The fourth-order valence-electron chi connectivity index (χ4n) is 5.21. The van der Waals surface area contributed by atoms with Gasteiger partial charge in [0.15, 0.2) is 0 Å².